The van der Waals surface area contributed by atoms with Crippen LogP contribution < -0.4 is 0 Å². The Hall–Kier alpha value is -2.66. The van der Waals surface area contributed by atoms with Gasteiger partial charge in [-0.1, -0.05) is 60.7 Å². The van der Waals surface area contributed by atoms with E-state index in [1.54, 1.807) is 35.2 Å². The summed E-state index contributed by atoms with van der Waals surface area (Å²) in [6, 6.07) is 17.9. The second-order valence-electron chi connectivity index (χ2n) is 6.25. The average molecular weight is 339 g/mol. The molecule has 25 heavy (non-hydrogen) atoms. The lowest BCUT2D eigenvalue weighted by Gasteiger charge is -2.28. The van der Waals surface area contributed by atoms with Gasteiger partial charge >= 0.3 is 5.97 Å². The zero-order chi connectivity index (χ0) is 18.0. The van der Waals surface area contributed by atoms with E-state index in [4.69, 9.17) is 4.74 Å². The third-order valence-electron chi connectivity index (χ3n) is 4.92. The summed E-state index contributed by atoms with van der Waals surface area (Å²) in [5.41, 5.74) is -0.577. The van der Waals surface area contributed by atoms with Crippen LogP contribution in [0.3, 0.4) is 0 Å². The summed E-state index contributed by atoms with van der Waals surface area (Å²) in [7, 11) is 1.27. The number of benzene rings is 2. The number of likely N-dealkylation sites (tertiary alicyclic amines) is 1. The van der Waals surface area contributed by atoms with Crippen molar-refractivity contribution < 1.29 is 19.4 Å². The number of hydrogen-bond donors (Lipinski definition) is 1. The largest absolute Gasteiger partial charge is 0.469 e. The van der Waals surface area contributed by atoms with Gasteiger partial charge in [-0.05, 0) is 18.1 Å². The van der Waals surface area contributed by atoms with Gasteiger partial charge < -0.3 is 14.7 Å². The highest BCUT2D eigenvalue weighted by Crippen LogP contribution is 2.42. The van der Waals surface area contributed by atoms with Crippen molar-refractivity contribution in [1.29, 1.82) is 0 Å². The number of carbonyl (C=O) groups is 2. The number of hydrogen-bond acceptors (Lipinski definition) is 4. The van der Waals surface area contributed by atoms with E-state index in [1.807, 2.05) is 37.3 Å². The number of esters is 1. The molecule has 3 rings (SSSR count). The first-order valence-electron chi connectivity index (χ1n) is 8.22. The van der Waals surface area contributed by atoms with E-state index in [1.165, 1.54) is 7.11 Å². The number of rotatable bonds is 4. The molecule has 1 amide bonds. The number of methoxy groups -OCH3 is 1. The van der Waals surface area contributed by atoms with Gasteiger partial charge in [-0.15, -0.1) is 0 Å². The predicted octanol–water partition coefficient (Wildman–Crippen LogP) is 2.27. The molecule has 0 aromatic heterocycles. The molecular formula is C20H21NO4. The lowest BCUT2D eigenvalue weighted by Crippen LogP contribution is -2.43. The molecule has 2 aromatic carbocycles. The van der Waals surface area contributed by atoms with Crippen LogP contribution in [-0.2, 0) is 19.9 Å². The van der Waals surface area contributed by atoms with E-state index < -0.39 is 23.4 Å². The Balaban J connectivity index is 2.02. The number of carbonyl (C=O) groups excluding carboxylic acids is 2. The minimum atomic E-state index is -1.92. The Bertz CT molecular complexity index is 762. The molecule has 5 heteroatoms. The fourth-order valence-electron chi connectivity index (χ4n) is 3.43. The maximum Gasteiger partial charge on any atom is 0.314 e. The fourth-order valence-corrected chi connectivity index (χ4v) is 3.43. The van der Waals surface area contributed by atoms with Crippen molar-refractivity contribution in [3.05, 3.63) is 71.8 Å². The quantitative estimate of drug-likeness (QED) is 0.868. The van der Waals surface area contributed by atoms with Crippen molar-refractivity contribution in [1.82, 2.24) is 4.90 Å². The summed E-state index contributed by atoms with van der Waals surface area (Å²) in [5.74, 6) is -2.05. The zero-order valence-electron chi connectivity index (χ0n) is 14.3. The van der Waals surface area contributed by atoms with Gasteiger partial charge in [0.25, 0.3) is 5.91 Å². The summed E-state index contributed by atoms with van der Waals surface area (Å²) in [6.45, 7) is 1.99. The van der Waals surface area contributed by atoms with E-state index in [0.29, 0.717) is 5.56 Å². The normalized spacial score (nSPS) is 24.2. The molecule has 1 N–H and O–H groups in total. The summed E-state index contributed by atoms with van der Waals surface area (Å²) >= 11 is 0. The van der Waals surface area contributed by atoms with E-state index in [-0.39, 0.29) is 12.6 Å². The molecule has 1 fully saturated rings. The minimum absolute atomic E-state index is 0.104. The molecule has 0 radical (unpaired) electrons. The standard InChI is InChI=1S/C20H21NO4/c1-14(15-9-5-3-6-10-15)21-13-17(18(22)25-2)20(24,19(21)23)16-11-7-4-8-12-16/h3-12,14,17,24H,13H2,1-2H3/t14?,17?,20-/m0/s1. The highest BCUT2D eigenvalue weighted by Gasteiger charge is 2.58. The molecule has 0 saturated carbocycles. The van der Waals surface area contributed by atoms with E-state index in [9.17, 15) is 14.7 Å². The second kappa shape index (κ2) is 6.69. The Morgan fingerprint density at radius 1 is 1.16 bits per heavy atom. The van der Waals surface area contributed by atoms with Crippen LogP contribution >= 0.6 is 0 Å². The topological polar surface area (TPSA) is 66.8 Å². The second-order valence-corrected chi connectivity index (χ2v) is 6.25. The van der Waals surface area contributed by atoms with Gasteiger partial charge in [-0.25, -0.2) is 0 Å². The Labute approximate surface area is 146 Å². The van der Waals surface area contributed by atoms with E-state index in [2.05, 4.69) is 0 Å². The molecule has 0 spiro atoms. The lowest BCUT2D eigenvalue weighted by atomic mass is 9.83. The SMILES string of the molecule is COC(=O)C1CN(C(C)c2ccccc2)C(=O)[C@]1(O)c1ccccc1. The number of nitrogens with zero attached hydrogens (tertiary/aromatic N) is 1. The van der Waals surface area contributed by atoms with Gasteiger partial charge in [0, 0.05) is 6.54 Å². The van der Waals surface area contributed by atoms with Gasteiger partial charge in [0.15, 0.2) is 5.60 Å². The maximum atomic E-state index is 13.1. The van der Waals surface area contributed by atoms with Crippen LogP contribution in [-0.4, -0.2) is 35.5 Å². The zero-order valence-corrected chi connectivity index (χ0v) is 14.3. The third-order valence-corrected chi connectivity index (χ3v) is 4.92. The lowest BCUT2D eigenvalue weighted by molar-refractivity contribution is -0.160. The highest BCUT2D eigenvalue weighted by molar-refractivity contribution is 5.95. The summed E-state index contributed by atoms with van der Waals surface area (Å²) < 4.78 is 4.86. The predicted molar refractivity (Wildman–Crippen MR) is 92.4 cm³/mol. The molecule has 1 aliphatic rings. The Morgan fingerprint density at radius 2 is 1.72 bits per heavy atom. The molecule has 2 unspecified atom stereocenters. The van der Waals surface area contributed by atoms with Crippen LogP contribution in [0, 0.1) is 5.92 Å². The van der Waals surface area contributed by atoms with Gasteiger partial charge in [0.05, 0.1) is 13.2 Å². The number of amides is 1. The van der Waals surface area contributed by atoms with Gasteiger partial charge in [0.1, 0.15) is 5.92 Å². The molecule has 1 saturated heterocycles. The van der Waals surface area contributed by atoms with Crippen molar-refractivity contribution in [3.8, 4) is 0 Å². The van der Waals surface area contributed by atoms with Crippen LogP contribution in [0.15, 0.2) is 60.7 Å². The maximum absolute atomic E-state index is 13.1. The molecule has 130 valence electrons. The Morgan fingerprint density at radius 3 is 2.28 bits per heavy atom. The molecule has 2 aromatic rings. The minimum Gasteiger partial charge on any atom is -0.469 e. The first-order valence-corrected chi connectivity index (χ1v) is 8.22. The van der Waals surface area contributed by atoms with Crippen molar-refractivity contribution >= 4 is 11.9 Å². The van der Waals surface area contributed by atoms with Crippen molar-refractivity contribution in [3.63, 3.8) is 0 Å². The van der Waals surface area contributed by atoms with Crippen molar-refractivity contribution in [2.75, 3.05) is 13.7 Å². The molecular weight excluding hydrogens is 318 g/mol. The first-order chi connectivity index (χ1) is 12.0. The summed E-state index contributed by atoms with van der Waals surface area (Å²) in [5, 5.41) is 11.3. The first kappa shape index (κ1) is 17.2. The van der Waals surface area contributed by atoms with Crippen LogP contribution in [0.5, 0.6) is 0 Å². The average Bonchev–Trinajstić information content (AvgIpc) is 2.94. The van der Waals surface area contributed by atoms with Crippen LogP contribution in [0.25, 0.3) is 0 Å². The highest BCUT2D eigenvalue weighted by atomic mass is 16.5. The summed E-state index contributed by atoms with van der Waals surface area (Å²) in [6.07, 6.45) is 0. The molecule has 1 aliphatic heterocycles. The van der Waals surface area contributed by atoms with Crippen LogP contribution in [0.2, 0.25) is 0 Å². The number of ether oxygens (including phenoxy) is 1. The Kier molecular flexibility index (Phi) is 4.59. The van der Waals surface area contributed by atoms with Gasteiger partial charge in [-0.2, -0.15) is 0 Å². The van der Waals surface area contributed by atoms with Gasteiger partial charge in [-0.3, -0.25) is 9.59 Å². The smallest absolute Gasteiger partial charge is 0.314 e. The molecule has 3 atom stereocenters. The van der Waals surface area contributed by atoms with Crippen LogP contribution in [0.4, 0.5) is 0 Å². The van der Waals surface area contributed by atoms with Crippen molar-refractivity contribution in [2.45, 2.75) is 18.6 Å². The van der Waals surface area contributed by atoms with E-state index >= 15 is 0 Å². The van der Waals surface area contributed by atoms with Crippen LogP contribution in [0.1, 0.15) is 24.1 Å². The molecule has 5 nitrogen and oxygen atoms in total. The van der Waals surface area contributed by atoms with Crippen molar-refractivity contribution in [2.24, 2.45) is 5.92 Å². The molecule has 0 bridgehead atoms. The monoisotopic (exact) mass is 339 g/mol. The van der Waals surface area contributed by atoms with Gasteiger partial charge in [0.2, 0.25) is 0 Å². The molecule has 0 aliphatic carbocycles. The third kappa shape index (κ3) is 2.81. The number of aliphatic hydroxyl groups is 1. The van der Waals surface area contributed by atoms with E-state index in [0.717, 1.165) is 5.56 Å². The fraction of sp³-hybridized carbons (Fsp3) is 0.300. The molecule has 1 heterocycles. The summed E-state index contributed by atoms with van der Waals surface area (Å²) in [4.78, 5) is 27.0.